The Kier molecular flexibility index (Phi) is 3.39. The summed E-state index contributed by atoms with van der Waals surface area (Å²) in [6.07, 6.45) is 3.47. The van der Waals surface area contributed by atoms with Gasteiger partial charge in [-0.25, -0.2) is 4.98 Å². The van der Waals surface area contributed by atoms with Crippen LogP contribution in [-0.4, -0.2) is 34.4 Å². The summed E-state index contributed by atoms with van der Waals surface area (Å²) < 4.78 is 7.12. The zero-order chi connectivity index (χ0) is 13.9. The number of aromatic nitrogens is 3. The van der Waals surface area contributed by atoms with Crippen LogP contribution in [0.2, 0.25) is 0 Å². The number of rotatable bonds is 4. The number of hydrogen-bond acceptors (Lipinski definition) is 4. The fourth-order valence-corrected chi connectivity index (χ4v) is 2.15. The highest BCUT2D eigenvalue weighted by Gasteiger charge is 2.08. The second kappa shape index (κ2) is 5.34. The summed E-state index contributed by atoms with van der Waals surface area (Å²) in [5.41, 5.74) is 2.87. The Labute approximate surface area is 117 Å². The van der Waals surface area contributed by atoms with Crippen molar-refractivity contribution in [3.05, 3.63) is 48.3 Å². The smallest absolute Gasteiger partial charge is 0.326 e. The van der Waals surface area contributed by atoms with E-state index in [0.29, 0.717) is 12.4 Å². The topological polar surface area (TPSA) is 60.2 Å². The van der Waals surface area contributed by atoms with Gasteiger partial charge in [-0.15, -0.1) is 0 Å². The van der Waals surface area contributed by atoms with Crippen LogP contribution in [0.1, 0.15) is 5.56 Å². The number of ether oxygens (including phenoxy) is 1. The summed E-state index contributed by atoms with van der Waals surface area (Å²) in [6, 6.07) is 9.58. The van der Waals surface area contributed by atoms with Crippen molar-refractivity contribution in [3.8, 4) is 5.88 Å². The van der Waals surface area contributed by atoms with Crippen molar-refractivity contribution in [1.82, 2.24) is 14.8 Å². The van der Waals surface area contributed by atoms with E-state index in [1.54, 1.807) is 19.5 Å². The number of benzene rings is 1. The molecule has 5 nitrogen and oxygen atoms in total. The molecule has 1 aromatic carbocycles. The summed E-state index contributed by atoms with van der Waals surface area (Å²) in [5, 5.41) is 14.2. The van der Waals surface area contributed by atoms with E-state index < -0.39 is 0 Å². The van der Waals surface area contributed by atoms with Crippen molar-refractivity contribution in [2.45, 2.75) is 6.54 Å². The van der Waals surface area contributed by atoms with E-state index in [2.05, 4.69) is 10.1 Å². The van der Waals surface area contributed by atoms with E-state index >= 15 is 0 Å². The lowest BCUT2D eigenvalue weighted by molar-refractivity contribution is 0.403. The third-order valence-electron chi connectivity index (χ3n) is 3.19. The molecule has 0 aliphatic heterocycles. The molecule has 2 heterocycles. The Balaban J connectivity index is 1.94. The van der Waals surface area contributed by atoms with E-state index in [4.69, 9.17) is 9.76 Å². The second-order valence-electron chi connectivity index (χ2n) is 4.43. The lowest BCUT2D eigenvalue weighted by Gasteiger charge is -2.05. The van der Waals surface area contributed by atoms with Crippen LogP contribution in [0.15, 0.2) is 42.7 Å². The first-order chi connectivity index (χ1) is 9.81. The molecule has 3 aromatic rings. The van der Waals surface area contributed by atoms with Crippen molar-refractivity contribution in [2.24, 2.45) is 0 Å². The summed E-state index contributed by atoms with van der Waals surface area (Å²) >= 11 is 0. The van der Waals surface area contributed by atoms with E-state index in [-0.39, 0.29) is 0 Å². The predicted molar refractivity (Wildman–Crippen MR) is 77.2 cm³/mol. The molecule has 0 bridgehead atoms. The molecule has 1 N–H and O–H groups in total. The molecule has 1 radical (unpaired) electrons. The predicted octanol–water partition coefficient (Wildman–Crippen LogP) is 0.725. The average Bonchev–Trinajstić information content (AvgIpc) is 2.91. The van der Waals surface area contributed by atoms with Crippen LogP contribution in [0.4, 0.5) is 0 Å². The van der Waals surface area contributed by atoms with Crippen LogP contribution in [0.3, 0.4) is 0 Å². The number of methoxy groups -OCH3 is 1. The Hall–Kier alpha value is -2.34. The number of nitrogens with zero attached hydrogens (tertiary/aromatic N) is 3. The van der Waals surface area contributed by atoms with E-state index in [1.807, 2.05) is 35.0 Å². The molecule has 0 atom stereocenters. The lowest BCUT2D eigenvalue weighted by Crippen LogP contribution is -2.13. The van der Waals surface area contributed by atoms with Gasteiger partial charge in [0.05, 0.1) is 30.8 Å². The van der Waals surface area contributed by atoms with E-state index in [1.165, 1.54) is 0 Å². The minimum atomic E-state index is 0.582. The molecule has 0 aliphatic rings. The Morgan fingerprint density at radius 2 is 2.05 bits per heavy atom. The fraction of sp³-hybridized carbons (Fsp3) is 0.143. The monoisotopic (exact) mass is 266 g/mol. The number of pyridine rings is 1. The van der Waals surface area contributed by atoms with Gasteiger partial charge in [0.1, 0.15) is 0 Å². The fourth-order valence-electron chi connectivity index (χ4n) is 2.15. The normalized spacial score (nSPS) is 10.7. The first-order valence-electron chi connectivity index (χ1n) is 6.22. The SMILES string of the molecule is COc1nccc2c1cnn2Cc1ccc([B]O)cc1. The molecule has 3 rings (SSSR count). The highest BCUT2D eigenvalue weighted by molar-refractivity contribution is 6.45. The quantitative estimate of drug-likeness (QED) is 0.707. The number of fused-ring (bicyclic) bond motifs is 1. The maximum atomic E-state index is 8.92. The Bertz CT molecular complexity index is 725. The number of hydrogen-bond donors (Lipinski definition) is 1. The largest absolute Gasteiger partial charge is 0.480 e. The molecule has 0 saturated heterocycles. The summed E-state index contributed by atoms with van der Waals surface area (Å²) in [7, 11) is 2.69. The average molecular weight is 266 g/mol. The first kappa shape index (κ1) is 12.7. The van der Waals surface area contributed by atoms with Gasteiger partial charge in [0.25, 0.3) is 0 Å². The molecule has 0 unspecified atom stereocenters. The molecule has 0 saturated carbocycles. The van der Waals surface area contributed by atoms with Gasteiger partial charge in [0.2, 0.25) is 5.88 Å². The maximum Gasteiger partial charge on any atom is 0.326 e. The van der Waals surface area contributed by atoms with E-state index in [9.17, 15) is 0 Å². The first-order valence-corrected chi connectivity index (χ1v) is 6.22. The highest BCUT2D eigenvalue weighted by atomic mass is 16.5. The molecule has 6 heteroatoms. The zero-order valence-electron chi connectivity index (χ0n) is 11.0. The molecule has 2 aromatic heterocycles. The molecule has 0 amide bonds. The molecule has 0 spiro atoms. The summed E-state index contributed by atoms with van der Waals surface area (Å²) in [4.78, 5) is 4.16. The van der Waals surface area contributed by atoms with Gasteiger partial charge in [-0.1, -0.05) is 29.7 Å². The van der Waals surface area contributed by atoms with Crippen molar-refractivity contribution < 1.29 is 9.76 Å². The van der Waals surface area contributed by atoms with Gasteiger partial charge >= 0.3 is 7.48 Å². The van der Waals surface area contributed by atoms with Crippen molar-refractivity contribution in [1.29, 1.82) is 0 Å². The van der Waals surface area contributed by atoms with Gasteiger partial charge in [-0.3, -0.25) is 4.68 Å². The molecule has 0 aliphatic carbocycles. The summed E-state index contributed by atoms with van der Waals surface area (Å²) in [6.45, 7) is 0.655. The molecule has 20 heavy (non-hydrogen) atoms. The third-order valence-corrected chi connectivity index (χ3v) is 3.19. The highest BCUT2D eigenvalue weighted by Crippen LogP contribution is 2.22. The Morgan fingerprint density at radius 1 is 1.25 bits per heavy atom. The van der Waals surface area contributed by atoms with Crippen LogP contribution in [-0.2, 0) is 6.54 Å². The van der Waals surface area contributed by atoms with Gasteiger partial charge in [-0.2, -0.15) is 5.10 Å². The molecular weight excluding hydrogens is 253 g/mol. The minimum Gasteiger partial charge on any atom is -0.480 e. The van der Waals surface area contributed by atoms with Gasteiger partial charge < -0.3 is 9.76 Å². The summed E-state index contributed by atoms with van der Waals surface area (Å²) in [5.74, 6) is 0.582. The Morgan fingerprint density at radius 3 is 2.75 bits per heavy atom. The van der Waals surface area contributed by atoms with Crippen LogP contribution in [0.5, 0.6) is 5.88 Å². The third kappa shape index (κ3) is 2.25. The zero-order valence-corrected chi connectivity index (χ0v) is 11.0. The molecular formula is C14H13BN3O2. The lowest BCUT2D eigenvalue weighted by atomic mass is 9.88. The van der Waals surface area contributed by atoms with Crippen molar-refractivity contribution in [3.63, 3.8) is 0 Å². The van der Waals surface area contributed by atoms with Crippen molar-refractivity contribution in [2.75, 3.05) is 7.11 Å². The van der Waals surface area contributed by atoms with Crippen LogP contribution in [0, 0.1) is 0 Å². The van der Waals surface area contributed by atoms with Crippen molar-refractivity contribution >= 4 is 23.8 Å². The standard InChI is InChI=1S/C14H13BN3O2/c1-20-14-12-8-17-18(13(12)6-7-16-14)9-10-2-4-11(15-19)5-3-10/h2-8,19H,9H2,1H3. The minimum absolute atomic E-state index is 0.582. The van der Waals surface area contributed by atoms with Crippen LogP contribution < -0.4 is 10.2 Å². The molecule has 99 valence electrons. The maximum absolute atomic E-state index is 8.92. The van der Waals surface area contributed by atoms with Crippen LogP contribution >= 0.6 is 0 Å². The van der Waals surface area contributed by atoms with Gasteiger partial charge in [0.15, 0.2) is 0 Å². The van der Waals surface area contributed by atoms with Crippen LogP contribution in [0.25, 0.3) is 10.9 Å². The second-order valence-corrected chi connectivity index (χ2v) is 4.43. The van der Waals surface area contributed by atoms with Gasteiger partial charge in [-0.05, 0) is 11.6 Å². The molecule has 0 fully saturated rings. The van der Waals surface area contributed by atoms with Gasteiger partial charge in [0, 0.05) is 6.20 Å². The van der Waals surface area contributed by atoms with E-state index in [0.717, 1.165) is 29.4 Å².